The molecular formula is C23H20BrN. The lowest BCUT2D eigenvalue weighted by Gasteiger charge is -2.09. The molecule has 25 heavy (non-hydrogen) atoms. The number of hydrogen-bond donors (Lipinski definition) is 1. The van der Waals surface area contributed by atoms with Crippen LogP contribution in [0.1, 0.15) is 12.5 Å². The molecule has 0 aliphatic rings. The van der Waals surface area contributed by atoms with Gasteiger partial charge in [0.25, 0.3) is 0 Å². The molecule has 3 aromatic rings. The zero-order valence-corrected chi connectivity index (χ0v) is 15.7. The smallest absolute Gasteiger partial charge is 0.0387 e. The Morgan fingerprint density at radius 1 is 0.800 bits per heavy atom. The predicted molar refractivity (Wildman–Crippen MR) is 112 cm³/mol. The Bertz CT molecular complexity index is 938. The Morgan fingerprint density at radius 2 is 1.36 bits per heavy atom. The highest BCUT2D eigenvalue weighted by Gasteiger charge is 2.04. The zero-order chi connectivity index (χ0) is 17.6. The van der Waals surface area contributed by atoms with Crippen LogP contribution in [0.2, 0.25) is 0 Å². The van der Waals surface area contributed by atoms with Gasteiger partial charge >= 0.3 is 0 Å². The van der Waals surface area contributed by atoms with E-state index in [1.807, 2.05) is 43.4 Å². The zero-order valence-electron chi connectivity index (χ0n) is 14.1. The van der Waals surface area contributed by atoms with Gasteiger partial charge in [-0.25, -0.2) is 0 Å². The third-order valence-electron chi connectivity index (χ3n) is 4.02. The van der Waals surface area contributed by atoms with Gasteiger partial charge in [0.1, 0.15) is 0 Å². The summed E-state index contributed by atoms with van der Waals surface area (Å²) in [6.45, 7) is 1.98. The van der Waals surface area contributed by atoms with Gasteiger partial charge < -0.3 is 5.73 Å². The molecule has 2 heteroatoms. The lowest BCUT2D eigenvalue weighted by Crippen LogP contribution is -1.95. The van der Waals surface area contributed by atoms with E-state index >= 15 is 0 Å². The number of benzene rings is 3. The van der Waals surface area contributed by atoms with Gasteiger partial charge in [-0.15, -0.1) is 0 Å². The standard InChI is InChI=1S/C23H20BrN/c1-2-3-13-23(25)21-11-5-9-19(15-21)17-7-4-8-18(14-17)20-10-6-12-22(24)16-20/h2-16H,25H2,1H3/b3-2-,23-13-. The second-order valence-corrected chi connectivity index (χ2v) is 6.74. The number of halogens is 1. The normalized spacial score (nSPS) is 11.8. The summed E-state index contributed by atoms with van der Waals surface area (Å²) in [6.07, 6.45) is 5.85. The van der Waals surface area contributed by atoms with Crippen molar-refractivity contribution in [3.8, 4) is 22.3 Å². The summed E-state index contributed by atoms with van der Waals surface area (Å²) in [5, 5.41) is 0. The van der Waals surface area contributed by atoms with Crippen molar-refractivity contribution in [3.63, 3.8) is 0 Å². The van der Waals surface area contributed by atoms with E-state index < -0.39 is 0 Å². The SMILES string of the molecule is C/C=C\C=C(/N)c1cccc(-c2cccc(-c3cccc(Br)c3)c2)c1. The van der Waals surface area contributed by atoms with E-state index in [2.05, 4.69) is 70.5 Å². The third-order valence-corrected chi connectivity index (χ3v) is 4.51. The van der Waals surface area contributed by atoms with Gasteiger partial charge in [0.2, 0.25) is 0 Å². The maximum absolute atomic E-state index is 6.17. The van der Waals surface area contributed by atoms with Crippen molar-refractivity contribution in [1.82, 2.24) is 0 Å². The minimum Gasteiger partial charge on any atom is -0.398 e. The summed E-state index contributed by atoms with van der Waals surface area (Å²) < 4.78 is 1.08. The average molecular weight is 390 g/mol. The van der Waals surface area contributed by atoms with E-state index in [0.29, 0.717) is 0 Å². The number of rotatable bonds is 4. The van der Waals surface area contributed by atoms with E-state index in [4.69, 9.17) is 5.73 Å². The molecule has 124 valence electrons. The molecule has 0 atom stereocenters. The second-order valence-electron chi connectivity index (χ2n) is 5.82. The van der Waals surface area contributed by atoms with E-state index in [0.717, 1.165) is 21.3 Å². The molecule has 0 fully saturated rings. The van der Waals surface area contributed by atoms with Crippen molar-refractivity contribution in [1.29, 1.82) is 0 Å². The lowest BCUT2D eigenvalue weighted by molar-refractivity contribution is 1.50. The van der Waals surface area contributed by atoms with Gasteiger partial charge in [-0.2, -0.15) is 0 Å². The summed E-state index contributed by atoms with van der Waals surface area (Å²) in [6, 6.07) is 25.3. The highest BCUT2D eigenvalue weighted by molar-refractivity contribution is 9.10. The molecule has 0 saturated carbocycles. The highest BCUT2D eigenvalue weighted by Crippen LogP contribution is 2.29. The quantitative estimate of drug-likeness (QED) is 0.496. The first kappa shape index (κ1) is 17.2. The molecule has 0 heterocycles. The van der Waals surface area contributed by atoms with Crippen molar-refractivity contribution in [2.45, 2.75) is 6.92 Å². The number of hydrogen-bond acceptors (Lipinski definition) is 1. The van der Waals surface area contributed by atoms with Crippen LogP contribution in [0.25, 0.3) is 28.0 Å². The van der Waals surface area contributed by atoms with E-state index in [-0.39, 0.29) is 0 Å². The van der Waals surface area contributed by atoms with Gasteiger partial charge in [0.15, 0.2) is 0 Å². The Labute approximate surface area is 157 Å². The molecular weight excluding hydrogens is 370 g/mol. The van der Waals surface area contributed by atoms with Gasteiger partial charge in [-0.1, -0.05) is 76.6 Å². The Kier molecular flexibility index (Phi) is 5.52. The van der Waals surface area contributed by atoms with Crippen LogP contribution in [-0.2, 0) is 0 Å². The van der Waals surface area contributed by atoms with Crippen molar-refractivity contribution in [2.75, 3.05) is 0 Å². The molecule has 0 amide bonds. The molecule has 0 aliphatic carbocycles. The molecule has 0 aromatic heterocycles. The maximum atomic E-state index is 6.17. The van der Waals surface area contributed by atoms with Crippen LogP contribution in [-0.4, -0.2) is 0 Å². The summed E-state index contributed by atoms with van der Waals surface area (Å²) in [7, 11) is 0. The minimum atomic E-state index is 0.767. The van der Waals surface area contributed by atoms with Crippen molar-refractivity contribution in [3.05, 3.63) is 101 Å². The molecule has 3 rings (SSSR count). The highest BCUT2D eigenvalue weighted by atomic mass is 79.9. The monoisotopic (exact) mass is 389 g/mol. The van der Waals surface area contributed by atoms with Crippen LogP contribution >= 0.6 is 15.9 Å². The molecule has 0 aliphatic heterocycles. The van der Waals surface area contributed by atoms with E-state index in [1.165, 1.54) is 16.7 Å². The van der Waals surface area contributed by atoms with Crippen LogP contribution in [0.3, 0.4) is 0 Å². The Morgan fingerprint density at radius 3 is 2.00 bits per heavy atom. The van der Waals surface area contributed by atoms with Crippen LogP contribution in [0, 0.1) is 0 Å². The Hall–Kier alpha value is -2.58. The van der Waals surface area contributed by atoms with Crippen molar-refractivity contribution < 1.29 is 0 Å². The third kappa shape index (κ3) is 4.28. The van der Waals surface area contributed by atoms with E-state index in [1.54, 1.807) is 0 Å². The van der Waals surface area contributed by atoms with Crippen LogP contribution < -0.4 is 5.73 Å². The molecule has 0 spiro atoms. The summed E-state index contributed by atoms with van der Waals surface area (Å²) in [5.74, 6) is 0. The predicted octanol–water partition coefficient (Wildman–Crippen LogP) is 6.66. The maximum Gasteiger partial charge on any atom is 0.0387 e. The lowest BCUT2D eigenvalue weighted by atomic mass is 9.97. The van der Waals surface area contributed by atoms with E-state index in [9.17, 15) is 0 Å². The molecule has 0 radical (unpaired) electrons. The number of nitrogens with two attached hydrogens (primary N) is 1. The number of allylic oxidation sites excluding steroid dienone is 3. The molecule has 1 nitrogen and oxygen atoms in total. The molecule has 0 bridgehead atoms. The average Bonchev–Trinajstić information content (AvgIpc) is 2.66. The first-order chi connectivity index (χ1) is 12.2. The van der Waals surface area contributed by atoms with Gasteiger partial charge in [0.05, 0.1) is 0 Å². The summed E-state index contributed by atoms with van der Waals surface area (Å²) >= 11 is 3.54. The van der Waals surface area contributed by atoms with Crippen molar-refractivity contribution in [2.24, 2.45) is 5.73 Å². The summed E-state index contributed by atoms with van der Waals surface area (Å²) in [5.41, 5.74) is 12.7. The first-order valence-electron chi connectivity index (χ1n) is 8.22. The van der Waals surface area contributed by atoms with Crippen LogP contribution in [0.5, 0.6) is 0 Å². The van der Waals surface area contributed by atoms with Gasteiger partial charge in [-0.05, 0) is 65.1 Å². The van der Waals surface area contributed by atoms with Crippen molar-refractivity contribution >= 4 is 21.6 Å². The van der Waals surface area contributed by atoms with Gasteiger partial charge in [0, 0.05) is 10.2 Å². The summed E-state index contributed by atoms with van der Waals surface area (Å²) in [4.78, 5) is 0. The van der Waals surface area contributed by atoms with Crippen LogP contribution in [0.15, 0.2) is 95.5 Å². The topological polar surface area (TPSA) is 26.0 Å². The molecule has 0 saturated heterocycles. The fourth-order valence-corrected chi connectivity index (χ4v) is 3.12. The fourth-order valence-electron chi connectivity index (χ4n) is 2.72. The van der Waals surface area contributed by atoms with Crippen LogP contribution in [0.4, 0.5) is 0 Å². The fraction of sp³-hybridized carbons (Fsp3) is 0.0435. The largest absolute Gasteiger partial charge is 0.398 e. The van der Waals surface area contributed by atoms with Gasteiger partial charge in [-0.3, -0.25) is 0 Å². The minimum absolute atomic E-state index is 0.767. The first-order valence-corrected chi connectivity index (χ1v) is 9.02. The molecule has 0 unspecified atom stereocenters. The Balaban J connectivity index is 1.99. The molecule has 3 aromatic carbocycles. The second kappa shape index (κ2) is 8.00. The molecule has 2 N–H and O–H groups in total.